The molecule has 0 saturated heterocycles. The van der Waals surface area contributed by atoms with E-state index in [4.69, 9.17) is 35.4 Å². The summed E-state index contributed by atoms with van der Waals surface area (Å²) in [5.41, 5.74) is 0.933. The maximum Gasteiger partial charge on any atom is 0.173 e. The summed E-state index contributed by atoms with van der Waals surface area (Å²) in [5, 5.41) is 6.66. The first kappa shape index (κ1) is 20.4. The van der Waals surface area contributed by atoms with Crippen molar-refractivity contribution in [3.05, 3.63) is 59.0 Å². The highest BCUT2D eigenvalue weighted by molar-refractivity contribution is 7.99. The molecule has 1 aromatic carbocycles. The van der Waals surface area contributed by atoms with E-state index in [1.807, 2.05) is 48.3 Å². The molecule has 0 aliphatic rings. The highest BCUT2D eigenvalue weighted by Crippen LogP contribution is 2.36. The molecule has 0 atom stereocenters. The van der Waals surface area contributed by atoms with Gasteiger partial charge < -0.3 is 10.2 Å². The van der Waals surface area contributed by atoms with E-state index in [1.54, 1.807) is 24.2 Å². The van der Waals surface area contributed by atoms with E-state index in [2.05, 4.69) is 15.3 Å². The van der Waals surface area contributed by atoms with E-state index in [0.29, 0.717) is 10.3 Å². The zero-order valence-electron chi connectivity index (χ0n) is 14.4. The second kappa shape index (κ2) is 9.71. The summed E-state index contributed by atoms with van der Waals surface area (Å²) in [4.78, 5) is 11.6. The van der Waals surface area contributed by atoms with Crippen LogP contribution in [0.1, 0.15) is 0 Å². The molecule has 0 aliphatic heterocycles. The van der Waals surface area contributed by atoms with Crippen molar-refractivity contribution in [2.75, 3.05) is 24.2 Å². The van der Waals surface area contributed by atoms with Gasteiger partial charge in [-0.05, 0) is 48.6 Å². The zero-order valence-corrected chi connectivity index (χ0v) is 18.3. The monoisotopic (exact) mass is 454 g/mol. The Morgan fingerprint density at radius 1 is 1.26 bits per heavy atom. The molecule has 0 amide bonds. The fourth-order valence-corrected chi connectivity index (χ4v) is 4.62. The molecular formula is C18H16Cl2N4S3. The topological polar surface area (TPSA) is 41.0 Å². The van der Waals surface area contributed by atoms with Gasteiger partial charge in [0.1, 0.15) is 10.0 Å². The highest BCUT2D eigenvalue weighted by Gasteiger charge is 2.17. The quantitative estimate of drug-likeness (QED) is 0.296. The Kier molecular flexibility index (Phi) is 7.32. The van der Waals surface area contributed by atoms with Gasteiger partial charge in [-0.15, -0.1) is 11.8 Å². The molecule has 1 N–H and O–H groups in total. The second-order valence-electron chi connectivity index (χ2n) is 5.45. The van der Waals surface area contributed by atoms with Crippen LogP contribution in [0.5, 0.6) is 0 Å². The minimum atomic E-state index is 0.432. The van der Waals surface area contributed by atoms with Crippen molar-refractivity contribution in [1.29, 1.82) is 0 Å². The first-order valence-electron chi connectivity index (χ1n) is 8.01. The lowest BCUT2D eigenvalue weighted by atomic mass is 10.3. The molecule has 3 aromatic rings. The molecule has 0 spiro atoms. The molecule has 9 heteroatoms. The lowest BCUT2D eigenvalue weighted by Gasteiger charge is -2.19. The molecule has 0 saturated carbocycles. The SMILES string of the molecule is CN(C(=S)NCCSc1ccc(Cl)cc1)c1sc(-c2cccnc2)nc1Cl. The van der Waals surface area contributed by atoms with Crippen molar-refractivity contribution in [2.24, 2.45) is 0 Å². The van der Waals surface area contributed by atoms with Crippen LogP contribution in [0.4, 0.5) is 5.00 Å². The lowest BCUT2D eigenvalue weighted by Crippen LogP contribution is -2.37. The molecular weight excluding hydrogens is 439 g/mol. The minimum Gasteiger partial charge on any atom is -0.361 e. The van der Waals surface area contributed by atoms with Gasteiger partial charge in [0.05, 0.1) is 0 Å². The Morgan fingerprint density at radius 3 is 2.74 bits per heavy atom. The van der Waals surface area contributed by atoms with Crippen LogP contribution < -0.4 is 10.2 Å². The van der Waals surface area contributed by atoms with Gasteiger partial charge in [0.25, 0.3) is 0 Å². The van der Waals surface area contributed by atoms with Gasteiger partial charge in [-0.1, -0.05) is 34.5 Å². The number of benzene rings is 1. The van der Waals surface area contributed by atoms with Crippen LogP contribution >= 0.6 is 58.5 Å². The summed E-state index contributed by atoms with van der Waals surface area (Å²) in [5.74, 6) is 0.882. The van der Waals surface area contributed by atoms with Gasteiger partial charge in [0.2, 0.25) is 0 Å². The number of aromatic nitrogens is 2. The number of rotatable bonds is 6. The molecule has 2 aromatic heterocycles. The highest BCUT2D eigenvalue weighted by atomic mass is 35.5. The maximum absolute atomic E-state index is 6.32. The third-order valence-corrected chi connectivity index (χ3v) is 6.79. The van der Waals surface area contributed by atoms with Crippen LogP contribution in [0.15, 0.2) is 53.7 Å². The van der Waals surface area contributed by atoms with Gasteiger partial charge >= 0.3 is 0 Å². The number of thioether (sulfide) groups is 1. The average Bonchev–Trinajstić information content (AvgIpc) is 3.08. The normalized spacial score (nSPS) is 10.6. The van der Waals surface area contributed by atoms with Crippen LogP contribution in [0.2, 0.25) is 10.2 Å². The molecule has 0 radical (unpaired) electrons. The van der Waals surface area contributed by atoms with Crippen molar-refractivity contribution in [3.8, 4) is 10.6 Å². The summed E-state index contributed by atoms with van der Waals surface area (Å²) in [7, 11) is 1.88. The van der Waals surface area contributed by atoms with Crippen molar-refractivity contribution < 1.29 is 0 Å². The fourth-order valence-electron chi connectivity index (χ4n) is 2.18. The Morgan fingerprint density at radius 2 is 2.04 bits per heavy atom. The Labute approximate surface area is 181 Å². The van der Waals surface area contributed by atoms with Crippen molar-refractivity contribution in [3.63, 3.8) is 0 Å². The van der Waals surface area contributed by atoms with E-state index >= 15 is 0 Å². The molecule has 2 heterocycles. The number of nitrogens with zero attached hydrogens (tertiary/aromatic N) is 3. The van der Waals surface area contributed by atoms with Gasteiger partial charge in [-0.25, -0.2) is 4.98 Å². The number of hydrogen-bond donors (Lipinski definition) is 1. The summed E-state index contributed by atoms with van der Waals surface area (Å²) in [6.45, 7) is 0.738. The van der Waals surface area contributed by atoms with Crippen LogP contribution in [0.25, 0.3) is 10.6 Å². The Balaban J connectivity index is 1.54. The van der Waals surface area contributed by atoms with Crippen molar-refractivity contribution >= 4 is 68.6 Å². The van der Waals surface area contributed by atoms with Gasteiger partial charge in [0, 0.05) is 47.2 Å². The van der Waals surface area contributed by atoms with Crippen molar-refractivity contribution in [2.45, 2.75) is 4.90 Å². The molecule has 27 heavy (non-hydrogen) atoms. The fraction of sp³-hybridized carbons (Fsp3) is 0.167. The largest absolute Gasteiger partial charge is 0.361 e. The Bertz CT molecular complexity index is 901. The zero-order chi connectivity index (χ0) is 19.2. The summed E-state index contributed by atoms with van der Waals surface area (Å²) in [6.07, 6.45) is 3.50. The third-order valence-electron chi connectivity index (χ3n) is 3.55. The molecule has 0 aliphatic carbocycles. The van der Waals surface area contributed by atoms with Gasteiger partial charge in [0.15, 0.2) is 10.3 Å². The van der Waals surface area contributed by atoms with E-state index in [-0.39, 0.29) is 0 Å². The number of thiocarbonyl (C=S) groups is 1. The molecule has 0 unspecified atom stereocenters. The minimum absolute atomic E-state index is 0.432. The smallest absolute Gasteiger partial charge is 0.173 e. The summed E-state index contributed by atoms with van der Waals surface area (Å²) < 4.78 is 0. The van der Waals surface area contributed by atoms with Crippen LogP contribution in [0.3, 0.4) is 0 Å². The molecule has 4 nitrogen and oxygen atoms in total. The lowest BCUT2D eigenvalue weighted by molar-refractivity contribution is 0.967. The van der Waals surface area contributed by atoms with E-state index < -0.39 is 0 Å². The number of hydrogen-bond acceptors (Lipinski definition) is 5. The van der Waals surface area contributed by atoms with E-state index in [1.165, 1.54) is 16.2 Å². The molecule has 0 bridgehead atoms. The van der Waals surface area contributed by atoms with Gasteiger partial charge in [-0.3, -0.25) is 4.98 Å². The first-order chi connectivity index (χ1) is 13.0. The summed E-state index contributed by atoms with van der Waals surface area (Å²) in [6, 6.07) is 11.6. The van der Waals surface area contributed by atoms with Crippen LogP contribution in [0, 0.1) is 0 Å². The average molecular weight is 455 g/mol. The van der Waals surface area contributed by atoms with Gasteiger partial charge in [-0.2, -0.15) is 0 Å². The third kappa shape index (κ3) is 5.56. The molecule has 0 fully saturated rings. The van der Waals surface area contributed by atoms with E-state index in [0.717, 1.165) is 32.9 Å². The Hall–Kier alpha value is -1.38. The number of thiazole rings is 1. The standard InChI is InChI=1S/C18H16Cl2N4S3/c1-24(17-15(20)23-16(27-17)12-3-2-8-21-11-12)18(25)22-9-10-26-14-6-4-13(19)5-7-14/h2-8,11H,9-10H2,1H3,(H,22,25). The molecule has 140 valence electrons. The first-order valence-corrected chi connectivity index (χ1v) is 11.0. The van der Waals surface area contributed by atoms with Crippen LogP contribution in [-0.4, -0.2) is 34.4 Å². The molecule has 3 rings (SSSR count). The number of anilines is 1. The summed E-state index contributed by atoms with van der Waals surface area (Å²) >= 11 is 20.9. The van der Waals surface area contributed by atoms with Crippen molar-refractivity contribution in [1.82, 2.24) is 15.3 Å². The van der Waals surface area contributed by atoms with E-state index in [9.17, 15) is 0 Å². The van der Waals surface area contributed by atoms with Crippen LogP contribution in [-0.2, 0) is 0 Å². The second-order valence-corrected chi connectivity index (χ2v) is 8.78. The number of nitrogens with one attached hydrogen (secondary N) is 1. The predicted octanol–water partition coefficient (Wildman–Crippen LogP) is 5.61. The maximum atomic E-state index is 6.32. The predicted molar refractivity (Wildman–Crippen MR) is 122 cm³/mol. The number of halogens is 2. The number of pyridine rings is 1.